The van der Waals surface area contributed by atoms with Crippen LogP contribution in [0.3, 0.4) is 0 Å². The van der Waals surface area contributed by atoms with Crippen LogP contribution in [-0.2, 0) is 0 Å². The van der Waals surface area contributed by atoms with E-state index in [-0.39, 0.29) is 0 Å². The Labute approximate surface area is 144 Å². The third-order valence-electron chi connectivity index (χ3n) is 3.70. The number of hydrogen-bond acceptors (Lipinski definition) is 5. The second-order valence-electron chi connectivity index (χ2n) is 5.18. The molecule has 0 spiro atoms. The lowest BCUT2D eigenvalue weighted by Gasteiger charge is -2.26. The molecular formula is C19H14N4S. The highest BCUT2D eigenvalue weighted by molar-refractivity contribution is 8.03. The zero-order chi connectivity index (χ0) is 16.9. The molecule has 5 heteroatoms. The largest absolute Gasteiger partial charge is 0.384 e. The van der Waals surface area contributed by atoms with Gasteiger partial charge in [-0.1, -0.05) is 60.3 Å². The summed E-state index contributed by atoms with van der Waals surface area (Å²) < 4.78 is 0. The van der Waals surface area contributed by atoms with Gasteiger partial charge < -0.3 is 11.1 Å². The van der Waals surface area contributed by atoms with Crippen LogP contribution < -0.4 is 11.1 Å². The molecule has 0 aliphatic carbocycles. The molecule has 2 aromatic rings. The molecule has 0 saturated heterocycles. The molecule has 0 aromatic heterocycles. The fourth-order valence-corrected chi connectivity index (χ4v) is 3.56. The molecule has 116 valence electrons. The van der Waals surface area contributed by atoms with Crippen LogP contribution in [0.2, 0.25) is 0 Å². The Morgan fingerprint density at radius 3 is 2.04 bits per heavy atom. The molecule has 1 atom stereocenters. The van der Waals surface area contributed by atoms with Crippen molar-refractivity contribution in [1.82, 2.24) is 5.32 Å². The maximum atomic E-state index is 9.74. The van der Waals surface area contributed by atoms with E-state index in [9.17, 15) is 10.5 Å². The number of nitrogens with one attached hydrogen (secondary N) is 1. The molecule has 0 amide bonds. The lowest BCUT2D eigenvalue weighted by molar-refractivity contribution is 0.840. The van der Waals surface area contributed by atoms with Crippen LogP contribution in [0.25, 0.3) is 0 Å². The average molecular weight is 330 g/mol. The van der Waals surface area contributed by atoms with Crippen LogP contribution in [-0.4, -0.2) is 0 Å². The van der Waals surface area contributed by atoms with E-state index in [4.69, 9.17) is 5.73 Å². The summed E-state index contributed by atoms with van der Waals surface area (Å²) in [7, 11) is 0. The number of nitrogens with zero attached hydrogens (tertiary/aromatic N) is 2. The lowest BCUT2D eigenvalue weighted by atomic mass is 9.84. The standard InChI is InChI=1S/C19H14N4S/c20-11-15-17(13-7-3-1-4-8-13)16(12-21)19(23-18(15)22)24-14-9-5-2-6-10-14/h1-10,17,23H,22H2. The van der Waals surface area contributed by atoms with Gasteiger partial charge in [0.05, 0.1) is 34.2 Å². The Bertz CT molecular complexity index is 886. The normalized spacial score (nSPS) is 17.0. The van der Waals surface area contributed by atoms with E-state index < -0.39 is 5.92 Å². The monoisotopic (exact) mass is 330 g/mol. The van der Waals surface area contributed by atoms with Crippen molar-refractivity contribution in [1.29, 1.82) is 10.5 Å². The maximum Gasteiger partial charge on any atom is 0.116 e. The first-order chi connectivity index (χ1) is 11.7. The van der Waals surface area contributed by atoms with Gasteiger partial charge in [0.25, 0.3) is 0 Å². The Balaban J connectivity index is 2.10. The quantitative estimate of drug-likeness (QED) is 0.898. The van der Waals surface area contributed by atoms with Crippen LogP contribution in [0.4, 0.5) is 0 Å². The summed E-state index contributed by atoms with van der Waals surface area (Å²) in [5, 5.41) is 22.9. The third kappa shape index (κ3) is 2.99. The molecule has 1 unspecified atom stereocenters. The Morgan fingerprint density at radius 2 is 1.46 bits per heavy atom. The SMILES string of the molecule is N#CC1=C(N)NC(Sc2ccccc2)=C(C#N)C1c1ccccc1. The van der Waals surface area contributed by atoms with Gasteiger partial charge in [0.15, 0.2) is 0 Å². The second-order valence-corrected chi connectivity index (χ2v) is 6.26. The minimum absolute atomic E-state index is 0.295. The summed E-state index contributed by atoms with van der Waals surface area (Å²) in [5.41, 5.74) is 7.81. The van der Waals surface area contributed by atoms with Crippen molar-refractivity contribution in [3.8, 4) is 12.1 Å². The number of rotatable bonds is 3. The van der Waals surface area contributed by atoms with Crippen molar-refractivity contribution in [3.63, 3.8) is 0 Å². The number of thioether (sulfide) groups is 1. The fourth-order valence-electron chi connectivity index (χ4n) is 2.59. The summed E-state index contributed by atoms with van der Waals surface area (Å²) in [6, 6.07) is 23.6. The highest BCUT2D eigenvalue weighted by Crippen LogP contribution is 2.40. The molecule has 1 heterocycles. The van der Waals surface area contributed by atoms with E-state index in [1.54, 1.807) is 0 Å². The van der Waals surface area contributed by atoms with Crippen molar-refractivity contribution >= 4 is 11.8 Å². The predicted octanol–water partition coefficient (Wildman–Crippen LogP) is 3.59. The molecule has 4 nitrogen and oxygen atoms in total. The zero-order valence-corrected chi connectivity index (χ0v) is 13.5. The van der Waals surface area contributed by atoms with E-state index in [2.05, 4.69) is 17.5 Å². The summed E-state index contributed by atoms with van der Waals surface area (Å²) >= 11 is 1.43. The molecule has 0 bridgehead atoms. The number of dihydropyridines is 1. The summed E-state index contributed by atoms with van der Waals surface area (Å²) in [6.45, 7) is 0. The maximum absolute atomic E-state index is 9.74. The van der Waals surface area contributed by atoms with Crippen molar-refractivity contribution in [2.24, 2.45) is 5.73 Å². The fraction of sp³-hybridized carbons (Fsp3) is 0.0526. The Morgan fingerprint density at radius 1 is 0.875 bits per heavy atom. The summed E-state index contributed by atoms with van der Waals surface area (Å²) in [4.78, 5) is 0.993. The van der Waals surface area contributed by atoms with Gasteiger partial charge in [0.1, 0.15) is 5.82 Å². The van der Waals surface area contributed by atoms with Crippen molar-refractivity contribution in [3.05, 3.63) is 88.2 Å². The highest BCUT2D eigenvalue weighted by atomic mass is 32.2. The van der Waals surface area contributed by atoms with Crippen molar-refractivity contribution in [2.45, 2.75) is 10.8 Å². The van der Waals surface area contributed by atoms with Crippen LogP contribution in [0.1, 0.15) is 11.5 Å². The molecule has 0 saturated carbocycles. The second kappa shape index (κ2) is 6.95. The smallest absolute Gasteiger partial charge is 0.116 e. The Kier molecular flexibility index (Phi) is 4.56. The third-order valence-corrected chi connectivity index (χ3v) is 4.73. The average Bonchev–Trinajstić information content (AvgIpc) is 2.63. The first-order valence-electron chi connectivity index (χ1n) is 7.33. The van der Waals surface area contributed by atoms with Crippen molar-refractivity contribution < 1.29 is 0 Å². The summed E-state index contributed by atoms with van der Waals surface area (Å²) in [5.74, 6) is -0.155. The molecule has 24 heavy (non-hydrogen) atoms. The predicted molar refractivity (Wildman–Crippen MR) is 94.1 cm³/mol. The molecule has 3 rings (SSSR count). The van der Waals surface area contributed by atoms with Crippen LogP contribution in [0, 0.1) is 22.7 Å². The Hall–Kier alpha value is -3.15. The van der Waals surface area contributed by atoms with Gasteiger partial charge in [-0.15, -0.1) is 0 Å². The minimum Gasteiger partial charge on any atom is -0.384 e. The molecular weight excluding hydrogens is 316 g/mol. The van der Waals surface area contributed by atoms with Gasteiger partial charge in [-0.2, -0.15) is 10.5 Å². The van der Waals surface area contributed by atoms with Gasteiger partial charge >= 0.3 is 0 Å². The van der Waals surface area contributed by atoms with E-state index in [0.29, 0.717) is 22.0 Å². The molecule has 1 aliphatic rings. The minimum atomic E-state index is -0.450. The molecule has 3 N–H and O–H groups in total. The van der Waals surface area contributed by atoms with Gasteiger partial charge in [-0.25, -0.2) is 0 Å². The molecule has 0 fully saturated rings. The number of benzene rings is 2. The van der Waals surface area contributed by atoms with Crippen LogP contribution >= 0.6 is 11.8 Å². The molecule has 0 radical (unpaired) electrons. The van der Waals surface area contributed by atoms with E-state index in [1.165, 1.54) is 11.8 Å². The topological polar surface area (TPSA) is 85.6 Å². The van der Waals surface area contributed by atoms with Gasteiger partial charge in [-0.05, 0) is 17.7 Å². The zero-order valence-electron chi connectivity index (χ0n) is 12.7. The highest BCUT2D eigenvalue weighted by Gasteiger charge is 2.31. The number of nitrogens with two attached hydrogens (primary N) is 1. The van der Waals surface area contributed by atoms with Crippen LogP contribution in [0.5, 0.6) is 0 Å². The van der Waals surface area contributed by atoms with Gasteiger partial charge in [-0.3, -0.25) is 0 Å². The number of nitriles is 2. The van der Waals surface area contributed by atoms with Gasteiger partial charge in [0, 0.05) is 4.90 Å². The summed E-state index contributed by atoms with van der Waals surface area (Å²) in [6.07, 6.45) is 0. The van der Waals surface area contributed by atoms with E-state index in [0.717, 1.165) is 10.5 Å². The first-order valence-corrected chi connectivity index (χ1v) is 8.15. The van der Waals surface area contributed by atoms with Gasteiger partial charge in [0.2, 0.25) is 0 Å². The van der Waals surface area contributed by atoms with E-state index >= 15 is 0 Å². The number of hydrogen-bond donors (Lipinski definition) is 2. The van der Waals surface area contributed by atoms with Crippen molar-refractivity contribution in [2.75, 3.05) is 0 Å². The lowest BCUT2D eigenvalue weighted by Crippen LogP contribution is -2.29. The van der Waals surface area contributed by atoms with E-state index in [1.807, 2.05) is 60.7 Å². The molecule has 2 aromatic carbocycles. The number of allylic oxidation sites excluding steroid dienone is 2. The van der Waals surface area contributed by atoms with Crippen LogP contribution in [0.15, 0.2) is 87.6 Å². The molecule has 1 aliphatic heterocycles. The first kappa shape index (κ1) is 15.7.